The van der Waals surface area contributed by atoms with Crippen molar-refractivity contribution < 1.29 is 19.4 Å². The SMILES string of the molecule is COC(=O)/C(CCC(C)C)=C(/O)OC. The summed E-state index contributed by atoms with van der Waals surface area (Å²) in [5.41, 5.74) is 0.198. The first-order valence-corrected chi connectivity index (χ1v) is 4.57. The Balaban J connectivity index is 4.50. The number of hydrogen-bond donors (Lipinski definition) is 1. The molecule has 0 aliphatic heterocycles. The summed E-state index contributed by atoms with van der Waals surface area (Å²) >= 11 is 0. The van der Waals surface area contributed by atoms with E-state index in [9.17, 15) is 9.90 Å². The molecule has 0 aromatic rings. The molecule has 14 heavy (non-hydrogen) atoms. The van der Waals surface area contributed by atoms with Crippen LogP contribution < -0.4 is 0 Å². The standard InChI is InChI=1S/C10H18O4/c1-7(2)5-6-8(9(11)13-3)10(12)14-4/h7,11H,5-6H2,1-4H3/b9-8-. The molecule has 0 aromatic heterocycles. The van der Waals surface area contributed by atoms with E-state index in [0.29, 0.717) is 12.3 Å². The smallest absolute Gasteiger partial charge is 0.340 e. The minimum absolute atomic E-state index is 0.198. The molecule has 0 amide bonds. The summed E-state index contributed by atoms with van der Waals surface area (Å²) in [6.45, 7) is 4.08. The number of esters is 1. The summed E-state index contributed by atoms with van der Waals surface area (Å²) in [6, 6.07) is 0. The zero-order chi connectivity index (χ0) is 11.1. The van der Waals surface area contributed by atoms with Gasteiger partial charge in [0.2, 0.25) is 0 Å². The van der Waals surface area contributed by atoms with Crippen molar-refractivity contribution in [3.05, 3.63) is 11.5 Å². The fourth-order valence-corrected chi connectivity index (χ4v) is 0.976. The van der Waals surface area contributed by atoms with Crippen LogP contribution in [0.2, 0.25) is 0 Å². The molecule has 0 radical (unpaired) electrons. The second-order valence-corrected chi connectivity index (χ2v) is 3.41. The highest BCUT2D eigenvalue weighted by atomic mass is 16.6. The molecule has 4 nitrogen and oxygen atoms in total. The number of carbonyl (C=O) groups is 1. The van der Waals surface area contributed by atoms with Crippen LogP contribution in [-0.4, -0.2) is 25.3 Å². The van der Waals surface area contributed by atoms with Crippen molar-refractivity contribution in [2.75, 3.05) is 14.2 Å². The van der Waals surface area contributed by atoms with Crippen LogP contribution in [0, 0.1) is 5.92 Å². The highest BCUT2D eigenvalue weighted by Gasteiger charge is 2.16. The van der Waals surface area contributed by atoms with E-state index >= 15 is 0 Å². The van der Waals surface area contributed by atoms with Gasteiger partial charge in [0.05, 0.1) is 14.2 Å². The number of methoxy groups -OCH3 is 2. The van der Waals surface area contributed by atoms with Gasteiger partial charge in [0.1, 0.15) is 5.57 Å². The molecule has 1 N–H and O–H groups in total. The second-order valence-electron chi connectivity index (χ2n) is 3.41. The molecule has 0 spiro atoms. The minimum Gasteiger partial charge on any atom is -0.481 e. The first-order chi connectivity index (χ1) is 6.52. The third-order valence-corrected chi connectivity index (χ3v) is 1.85. The molecule has 0 saturated carbocycles. The Labute approximate surface area is 84.5 Å². The zero-order valence-electron chi connectivity index (χ0n) is 9.16. The van der Waals surface area contributed by atoms with E-state index < -0.39 is 5.97 Å². The number of hydrogen-bond acceptors (Lipinski definition) is 4. The van der Waals surface area contributed by atoms with Crippen LogP contribution >= 0.6 is 0 Å². The maximum Gasteiger partial charge on any atom is 0.340 e. The summed E-state index contributed by atoms with van der Waals surface area (Å²) in [4.78, 5) is 11.2. The number of ether oxygens (including phenoxy) is 2. The molecular weight excluding hydrogens is 184 g/mol. The molecule has 0 saturated heterocycles. The van der Waals surface area contributed by atoms with Gasteiger partial charge in [-0.1, -0.05) is 13.8 Å². The molecule has 0 unspecified atom stereocenters. The van der Waals surface area contributed by atoms with Gasteiger partial charge >= 0.3 is 5.97 Å². The van der Waals surface area contributed by atoms with Crippen LogP contribution in [-0.2, 0) is 14.3 Å². The monoisotopic (exact) mass is 202 g/mol. The molecule has 4 heteroatoms. The van der Waals surface area contributed by atoms with Crippen molar-refractivity contribution in [1.82, 2.24) is 0 Å². The molecule has 0 atom stereocenters. The number of carbonyl (C=O) groups excluding carboxylic acids is 1. The van der Waals surface area contributed by atoms with Crippen molar-refractivity contribution in [2.45, 2.75) is 26.7 Å². The minimum atomic E-state index is -0.537. The Morgan fingerprint density at radius 3 is 2.21 bits per heavy atom. The lowest BCUT2D eigenvalue weighted by molar-refractivity contribution is -0.137. The quantitative estimate of drug-likeness (QED) is 0.421. The van der Waals surface area contributed by atoms with Crippen molar-refractivity contribution in [3.8, 4) is 0 Å². The maximum atomic E-state index is 11.2. The van der Waals surface area contributed by atoms with Crippen LogP contribution in [0.15, 0.2) is 11.5 Å². The van der Waals surface area contributed by atoms with E-state index in [1.54, 1.807) is 0 Å². The molecule has 0 aromatic carbocycles. The van der Waals surface area contributed by atoms with Crippen molar-refractivity contribution in [1.29, 1.82) is 0 Å². The van der Waals surface area contributed by atoms with Crippen molar-refractivity contribution >= 4 is 5.97 Å². The van der Waals surface area contributed by atoms with Crippen LogP contribution in [0.5, 0.6) is 0 Å². The van der Waals surface area contributed by atoms with Gasteiger partial charge in [-0.2, -0.15) is 0 Å². The van der Waals surface area contributed by atoms with Gasteiger partial charge < -0.3 is 14.6 Å². The zero-order valence-corrected chi connectivity index (χ0v) is 9.16. The average molecular weight is 202 g/mol. The van der Waals surface area contributed by atoms with Crippen LogP contribution in [0.3, 0.4) is 0 Å². The van der Waals surface area contributed by atoms with Gasteiger partial charge in [-0.25, -0.2) is 4.79 Å². The average Bonchev–Trinajstić information content (AvgIpc) is 2.16. The van der Waals surface area contributed by atoms with Gasteiger partial charge in [0.25, 0.3) is 5.95 Å². The molecular formula is C10H18O4. The fourth-order valence-electron chi connectivity index (χ4n) is 0.976. The molecule has 82 valence electrons. The maximum absolute atomic E-state index is 11.2. The lowest BCUT2D eigenvalue weighted by atomic mass is 10.0. The summed E-state index contributed by atoms with van der Waals surface area (Å²) in [5, 5.41) is 9.29. The summed E-state index contributed by atoms with van der Waals surface area (Å²) < 4.78 is 9.13. The summed E-state index contributed by atoms with van der Waals surface area (Å²) in [7, 11) is 2.59. The van der Waals surface area contributed by atoms with E-state index in [1.807, 2.05) is 13.8 Å². The Hall–Kier alpha value is -1.19. The lowest BCUT2D eigenvalue weighted by Gasteiger charge is -2.09. The number of aliphatic hydroxyl groups is 1. The van der Waals surface area contributed by atoms with Gasteiger partial charge in [-0.15, -0.1) is 0 Å². The first-order valence-electron chi connectivity index (χ1n) is 4.57. The number of aliphatic hydroxyl groups excluding tert-OH is 1. The van der Waals surface area contributed by atoms with Crippen LogP contribution in [0.4, 0.5) is 0 Å². The highest BCUT2D eigenvalue weighted by molar-refractivity contribution is 5.88. The van der Waals surface area contributed by atoms with Crippen molar-refractivity contribution in [2.24, 2.45) is 5.92 Å². The van der Waals surface area contributed by atoms with Crippen LogP contribution in [0.1, 0.15) is 26.7 Å². The third kappa shape index (κ3) is 4.16. The Bertz CT molecular complexity index is 218. The third-order valence-electron chi connectivity index (χ3n) is 1.85. The predicted octanol–water partition coefficient (Wildman–Crippen LogP) is 2.01. The van der Waals surface area contributed by atoms with Gasteiger partial charge in [-0.05, 0) is 18.8 Å². The van der Waals surface area contributed by atoms with E-state index in [1.165, 1.54) is 14.2 Å². The van der Waals surface area contributed by atoms with Gasteiger partial charge in [0, 0.05) is 0 Å². The van der Waals surface area contributed by atoms with Crippen molar-refractivity contribution in [3.63, 3.8) is 0 Å². The normalized spacial score (nSPS) is 12.4. The highest BCUT2D eigenvalue weighted by Crippen LogP contribution is 2.15. The fraction of sp³-hybridized carbons (Fsp3) is 0.700. The molecule has 0 heterocycles. The topological polar surface area (TPSA) is 55.8 Å². The van der Waals surface area contributed by atoms with E-state index in [-0.39, 0.29) is 11.5 Å². The summed E-state index contributed by atoms with van der Waals surface area (Å²) in [6.07, 6.45) is 1.27. The van der Waals surface area contributed by atoms with Crippen LogP contribution in [0.25, 0.3) is 0 Å². The Morgan fingerprint density at radius 2 is 1.86 bits per heavy atom. The largest absolute Gasteiger partial charge is 0.481 e. The Morgan fingerprint density at radius 1 is 1.29 bits per heavy atom. The van der Waals surface area contributed by atoms with E-state index in [0.717, 1.165) is 6.42 Å². The molecule has 0 rings (SSSR count). The Kier molecular flexibility index (Phi) is 5.76. The van der Waals surface area contributed by atoms with Gasteiger partial charge in [0.15, 0.2) is 0 Å². The molecule has 0 aliphatic rings. The van der Waals surface area contributed by atoms with E-state index in [2.05, 4.69) is 9.47 Å². The molecule has 0 aliphatic carbocycles. The molecule has 0 bridgehead atoms. The first kappa shape index (κ1) is 12.8. The second kappa shape index (κ2) is 6.29. The lowest BCUT2D eigenvalue weighted by Crippen LogP contribution is -2.10. The molecule has 0 fully saturated rings. The number of rotatable bonds is 5. The van der Waals surface area contributed by atoms with Gasteiger partial charge in [-0.3, -0.25) is 0 Å². The predicted molar refractivity (Wildman–Crippen MR) is 52.8 cm³/mol. The summed E-state index contributed by atoms with van der Waals surface area (Å²) in [5.74, 6) is -0.429. The van der Waals surface area contributed by atoms with E-state index in [4.69, 9.17) is 0 Å².